The number of benzene rings is 2. The molecule has 1 unspecified atom stereocenters. The third kappa shape index (κ3) is 4.54. The van der Waals surface area contributed by atoms with Gasteiger partial charge in [0.15, 0.2) is 0 Å². The van der Waals surface area contributed by atoms with Gasteiger partial charge in [0.25, 0.3) is 5.89 Å². The van der Waals surface area contributed by atoms with E-state index < -0.39 is 5.54 Å². The van der Waals surface area contributed by atoms with Crippen molar-refractivity contribution in [2.45, 2.75) is 51.0 Å². The van der Waals surface area contributed by atoms with Gasteiger partial charge in [0.2, 0.25) is 11.7 Å². The molecule has 4 rings (SSSR count). The molecule has 1 amide bonds. The second-order valence-electron chi connectivity index (χ2n) is 9.02. The number of aromatic nitrogens is 2. The molecule has 1 aliphatic rings. The van der Waals surface area contributed by atoms with Crippen LogP contribution >= 0.6 is 0 Å². The van der Waals surface area contributed by atoms with Gasteiger partial charge < -0.3 is 15.6 Å². The van der Waals surface area contributed by atoms with Crippen molar-refractivity contribution in [2.75, 3.05) is 7.05 Å². The molecule has 6 nitrogen and oxygen atoms in total. The first-order valence-corrected chi connectivity index (χ1v) is 10.9. The van der Waals surface area contributed by atoms with E-state index in [1.807, 2.05) is 24.3 Å². The molecular formula is C25H30N4O2. The Labute approximate surface area is 183 Å². The number of carbonyl (C=O) groups is 1. The summed E-state index contributed by atoms with van der Waals surface area (Å²) < 4.78 is 5.50. The highest BCUT2D eigenvalue weighted by atomic mass is 16.5. The molecule has 1 fully saturated rings. The lowest BCUT2D eigenvalue weighted by molar-refractivity contribution is -0.125. The van der Waals surface area contributed by atoms with Crippen molar-refractivity contribution in [1.82, 2.24) is 15.5 Å². The van der Waals surface area contributed by atoms with Crippen molar-refractivity contribution >= 4 is 5.91 Å². The Hall–Kier alpha value is -2.99. The summed E-state index contributed by atoms with van der Waals surface area (Å²) in [5, 5.41) is 6.85. The Balaban J connectivity index is 1.46. The molecule has 6 heteroatoms. The average molecular weight is 419 g/mol. The van der Waals surface area contributed by atoms with Crippen LogP contribution in [0.3, 0.4) is 0 Å². The molecule has 1 heterocycles. The van der Waals surface area contributed by atoms with E-state index in [-0.39, 0.29) is 11.8 Å². The highest BCUT2D eigenvalue weighted by Crippen LogP contribution is 2.40. The van der Waals surface area contributed by atoms with Crippen LogP contribution in [0, 0.1) is 5.92 Å². The number of hydrogen-bond donors (Lipinski definition) is 2. The summed E-state index contributed by atoms with van der Waals surface area (Å²) in [7, 11) is 1.64. The maximum atomic E-state index is 12.1. The molecule has 1 saturated carbocycles. The van der Waals surface area contributed by atoms with Crippen LogP contribution in [0.15, 0.2) is 53.1 Å². The third-order valence-corrected chi connectivity index (χ3v) is 6.14. The minimum absolute atomic E-state index is 0.0804. The highest BCUT2D eigenvalue weighted by molar-refractivity contribution is 5.86. The second kappa shape index (κ2) is 8.63. The predicted molar refractivity (Wildman–Crippen MR) is 121 cm³/mol. The van der Waals surface area contributed by atoms with Gasteiger partial charge in [-0.15, -0.1) is 0 Å². The van der Waals surface area contributed by atoms with Gasteiger partial charge in [-0.2, -0.15) is 4.98 Å². The molecule has 31 heavy (non-hydrogen) atoms. The standard InChI is InChI=1S/C25H30N4O2/c1-16(2)14-17-4-6-20(7-5-17)23-28-22(29-31-23)19-10-8-18(9-11-19)21-12-13-25(26,15-21)24(30)27-3/h4-11,16,21H,12-15,26H2,1-3H3,(H,27,30)/t21-,25?/m0/s1. The maximum absolute atomic E-state index is 12.1. The lowest BCUT2D eigenvalue weighted by atomic mass is 9.92. The number of carbonyl (C=O) groups excluding carboxylic acids is 1. The molecule has 0 aliphatic heterocycles. The number of hydrogen-bond acceptors (Lipinski definition) is 5. The Bertz CT molecular complexity index is 1040. The highest BCUT2D eigenvalue weighted by Gasteiger charge is 2.41. The van der Waals surface area contributed by atoms with Crippen LogP contribution in [0.25, 0.3) is 22.8 Å². The van der Waals surface area contributed by atoms with Gasteiger partial charge in [-0.1, -0.05) is 55.4 Å². The Morgan fingerprint density at radius 3 is 2.48 bits per heavy atom. The quantitative estimate of drug-likeness (QED) is 0.622. The van der Waals surface area contributed by atoms with Crippen LogP contribution in [0.4, 0.5) is 0 Å². The zero-order valence-electron chi connectivity index (χ0n) is 18.4. The van der Waals surface area contributed by atoms with Crippen LogP contribution in [-0.4, -0.2) is 28.6 Å². The maximum Gasteiger partial charge on any atom is 0.258 e. The lowest BCUT2D eigenvalue weighted by Crippen LogP contribution is -2.51. The number of likely N-dealkylation sites (N-methyl/N-ethyl adjacent to an activating group) is 1. The van der Waals surface area contributed by atoms with E-state index in [2.05, 4.69) is 53.6 Å². The number of nitrogens with zero attached hydrogens (tertiary/aromatic N) is 2. The lowest BCUT2D eigenvalue weighted by Gasteiger charge is -2.22. The third-order valence-electron chi connectivity index (χ3n) is 6.14. The van der Waals surface area contributed by atoms with Crippen molar-refractivity contribution in [3.63, 3.8) is 0 Å². The van der Waals surface area contributed by atoms with E-state index in [0.29, 0.717) is 30.5 Å². The normalized spacial score (nSPS) is 20.9. The van der Waals surface area contributed by atoms with Crippen molar-refractivity contribution < 1.29 is 9.32 Å². The first-order valence-electron chi connectivity index (χ1n) is 10.9. The smallest absolute Gasteiger partial charge is 0.258 e. The Morgan fingerprint density at radius 2 is 1.84 bits per heavy atom. The zero-order chi connectivity index (χ0) is 22.0. The molecule has 0 radical (unpaired) electrons. The molecule has 3 aromatic rings. The number of nitrogens with one attached hydrogen (secondary N) is 1. The number of nitrogens with two attached hydrogens (primary N) is 1. The van der Waals surface area contributed by atoms with Gasteiger partial charge in [-0.3, -0.25) is 4.79 Å². The van der Waals surface area contributed by atoms with Crippen molar-refractivity contribution in [1.29, 1.82) is 0 Å². The first-order chi connectivity index (χ1) is 14.9. The SMILES string of the molecule is CNC(=O)C1(N)CC[C@H](c2ccc(-c3noc(-c4ccc(CC(C)C)cc4)n3)cc2)C1. The van der Waals surface area contributed by atoms with Crippen molar-refractivity contribution in [3.05, 3.63) is 59.7 Å². The molecule has 0 spiro atoms. The fourth-order valence-electron chi connectivity index (χ4n) is 4.43. The van der Waals surface area contributed by atoms with E-state index in [0.717, 1.165) is 24.0 Å². The van der Waals surface area contributed by atoms with Crippen LogP contribution in [-0.2, 0) is 11.2 Å². The summed E-state index contributed by atoms with van der Waals surface area (Å²) in [6.07, 6.45) is 3.31. The fraction of sp³-hybridized carbons (Fsp3) is 0.400. The zero-order valence-corrected chi connectivity index (χ0v) is 18.4. The van der Waals surface area contributed by atoms with Crippen LogP contribution in [0.2, 0.25) is 0 Å². The minimum atomic E-state index is -0.772. The summed E-state index contributed by atoms with van der Waals surface area (Å²) in [6, 6.07) is 16.5. The van der Waals surface area contributed by atoms with Gasteiger partial charge in [-0.25, -0.2) is 0 Å². The fourth-order valence-corrected chi connectivity index (χ4v) is 4.43. The summed E-state index contributed by atoms with van der Waals surface area (Å²) in [4.78, 5) is 16.6. The summed E-state index contributed by atoms with van der Waals surface area (Å²) >= 11 is 0. The molecule has 0 bridgehead atoms. The summed E-state index contributed by atoms with van der Waals surface area (Å²) in [5.41, 5.74) is 9.85. The van der Waals surface area contributed by atoms with E-state index in [9.17, 15) is 4.79 Å². The van der Waals surface area contributed by atoms with E-state index >= 15 is 0 Å². The molecule has 1 aliphatic carbocycles. The largest absolute Gasteiger partial charge is 0.358 e. The van der Waals surface area contributed by atoms with Gasteiger partial charge in [0, 0.05) is 18.2 Å². The van der Waals surface area contributed by atoms with E-state index in [1.165, 1.54) is 11.1 Å². The summed E-state index contributed by atoms with van der Waals surface area (Å²) in [6.45, 7) is 4.43. The van der Waals surface area contributed by atoms with Crippen LogP contribution < -0.4 is 11.1 Å². The van der Waals surface area contributed by atoms with E-state index in [1.54, 1.807) is 7.05 Å². The predicted octanol–water partition coefficient (Wildman–Crippen LogP) is 4.31. The van der Waals surface area contributed by atoms with Crippen LogP contribution in [0.1, 0.15) is 50.2 Å². The molecular weight excluding hydrogens is 388 g/mol. The average Bonchev–Trinajstić information content (AvgIpc) is 3.42. The van der Waals surface area contributed by atoms with Crippen LogP contribution in [0.5, 0.6) is 0 Å². The molecule has 3 N–H and O–H groups in total. The topological polar surface area (TPSA) is 94.0 Å². The Kier molecular flexibility index (Phi) is 5.92. The van der Waals surface area contributed by atoms with Crippen molar-refractivity contribution in [3.8, 4) is 22.8 Å². The number of rotatable bonds is 6. The monoisotopic (exact) mass is 418 g/mol. The van der Waals surface area contributed by atoms with E-state index in [4.69, 9.17) is 10.3 Å². The molecule has 2 aromatic carbocycles. The summed E-state index contributed by atoms with van der Waals surface area (Å²) in [5.74, 6) is 1.91. The molecule has 0 saturated heterocycles. The van der Waals surface area contributed by atoms with Gasteiger partial charge >= 0.3 is 0 Å². The molecule has 162 valence electrons. The van der Waals surface area contributed by atoms with Gasteiger partial charge in [0.1, 0.15) is 0 Å². The van der Waals surface area contributed by atoms with Gasteiger partial charge in [0.05, 0.1) is 5.54 Å². The first kappa shape index (κ1) is 21.2. The Morgan fingerprint density at radius 1 is 1.16 bits per heavy atom. The van der Waals surface area contributed by atoms with Crippen molar-refractivity contribution in [2.24, 2.45) is 11.7 Å². The number of amides is 1. The second-order valence-corrected chi connectivity index (χ2v) is 9.02. The molecule has 1 aromatic heterocycles. The minimum Gasteiger partial charge on any atom is -0.358 e. The molecule has 2 atom stereocenters. The van der Waals surface area contributed by atoms with Gasteiger partial charge in [-0.05, 0) is 60.8 Å².